The van der Waals surface area contributed by atoms with Crippen molar-refractivity contribution < 1.29 is 0 Å². The van der Waals surface area contributed by atoms with Crippen molar-refractivity contribution in [2.75, 3.05) is 9.80 Å². The summed E-state index contributed by atoms with van der Waals surface area (Å²) in [4.78, 5) is 4.97. The number of anilines is 6. The van der Waals surface area contributed by atoms with Crippen LogP contribution in [0.3, 0.4) is 0 Å². The highest BCUT2D eigenvalue weighted by atomic mass is 15.3. The monoisotopic (exact) mass is 526 g/mol. The molecule has 2 heterocycles. The van der Waals surface area contributed by atoms with Gasteiger partial charge in [-0.2, -0.15) is 0 Å². The van der Waals surface area contributed by atoms with Gasteiger partial charge < -0.3 is 9.80 Å². The van der Waals surface area contributed by atoms with E-state index in [1.807, 2.05) is 0 Å². The molecule has 2 aliphatic heterocycles. The van der Waals surface area contributed by atoms with Gasteiger partial charge in [0, 0.05) is 11.1 Å². The summed E-state index contributed by atoms with van der Waals surface area (Å²) in [5, 5.41) is 0. The Morgan fingerprint density at radius 1 is 0.390 bits per heavy atom. The standard InChI is InChI=1S/C39H30N2/c1-39(2)32-20-12-13-21-34(32)41-36-25-29(27-14-6-3-7-15-27)22-23-35(36)40(31-18-10-5-11-19-31)37-26-30(24-33(39)38(37)41)28-16-8-4-9-17-28/h3-26H,1-2H3. The highest BCUT2D eigenvalue weighted by molar-refractivity contribution is 6.06. The van der Waals surface area contributed by atoms with E-state index in [9.17, 15) is 0 Å². The van der Waals surface area contributed by atoms with Crippen molar-refractivity contribution in [2.24, 2.45) is 0 Å². The Labute approximate surface area is 241 Å². The van der Waals surface area contributed by atoms with Gasteiger partial charge >= 0.3 is 0 Å². The third-order valence-corrected chi connectivity index (χ3v) is 8.73. The fraction of sp³-hybridized carbons (Fsp3) is 0.0769. The molecule has 6 aromatic carbocycles. The van der Waals surface area contributed by atoms with Crippen molar-refractivity contribution in [3.05, 3.63) is 157 Å². The van der Waals surface area contributed by atoms with Gasteiger partial charge in [0.2, 0.25) is 0 Å². The molecular formula is C39H30N2. The average Bonchev–Trinajstić information content (AvgIpc) is 3.03. The molecule has 0 atom stereocenters. The first-order chi connectivity index (χ1) is 20.1. The molecule has 2 aliphatic rings. The predicted octanol–water partition coefficient (Wildman–Crippen LogP) is 10.9. The van der Waals surface area contributed by atoms with Crippen LogP contribution in [0.5, 0.6) is 0 Å². The Morgan fingerprint density at radius 3 is 1.68 bits per heavy atom. The smallest absolute Gasteiger partial charge is 0.0744 e. The molecule has 2 heteroatoms. The molecule has 0 saturated heterocycles. The quantitative estimate of drug-likeness (QED) is 0.226. The molecule has 41 heavy (non-hydrogen) atoms. The number of hydrogen-bond acceptors (Lipinski definition) is 2. The van der Waals surface area contributed by atoms with Gasteiger partial charge in [-0.15, -0.1) is 0 Å². The van der Waals surface area contributed by atoms with Gasteiger partial charge in [0.25, 0.3) is 0 Å². The number of nitrogens with zero attached hydrogens (tertiary/aromatic N) is 2. The van der Waals surface area contributed by atoms with E-state index in [2.05, 4.69) is 169 Å². The van der Waals surface area contributed by atoms with Crippen LogP contribution in [0.25, 0.3) is 22.3 Å². The van der Waals surface area contributed by atoms with Gasteiger partial charge in [-0.3, -0.25) is 0 Å². The molecule has 6 aromatic rings. The van der Waals surface area contributed by atoms with Gasteiger partial charge in [-0.25, -0.2) is 0 Å². The summed E-state index contributed by atoms with van der Waals surface area (Å²) in [6.45, 7) is 4.74. The summed E-state index contributed by atoms with van der Waals surface area (Å²) >= 11 is 0. The first-order valence-electron chi connectivity index (χ1n) is 14.3. The molecule has 0 unspecified atom stereocenters. The van der Waals surface area contributed by atoms with Gasteiger partial charge in [-0.05, 0) is 75.8 Å². The summed E-state index contributed by atoms with van der Waals surface area (Å²) in [6, 6.07) is 52.9. The van der Waals surface area contributed by atoms with E-state index in [0.29, 0.717) is 0 Å². The molecule has 0 radical (unpaired) electrons. The van der Waals surface area contributed by atoms with Crippen molar-refractivity contribution in [1.29, 1.82) is 0 Å². The third-order valence-electron chi connectivity index (χ3n) is 8.73. The first kappa shape index (κ1) is 23.8. The highest BCUT2D eigenvalue weighted by Gasteiger charge is 2.43. The largest absolute Gasteiger partial charge is 0.306 e. The van der Waals surface area contributed by atoms with Crippen LogP contribution in [0.15, 0.2) is 146 Å². The lowest BCUT2D eigenvalue weighted by atomic mass is 9.72. The topological polar surface area (TPSA) is 6.48 Å². The van der Waals surface area contributed by atoms with Gasteiger partial charge in [0.15, 0.2) is 0 Å². The molecular weight excluding hydrogens is 496 g/mol. The third kappa shape index (κ3) is 3.57. The van der Waals surface area contributed by atoms with Crippen molar-refractivity contribution in [3.63, 3.8) is 0 Å². The minimum Gasteiger partial charge on any atom is -0.306 e. The van der Waals surface area contributed by atoms with Crippen LogP contribution in [-0.4, -0.2) is 0 Å². The first-order valence-corrected chi connectivity index (χ1v) is 14.3. The Morgan fingerprint density at radius 2 is 0.976 bits per heavy atom. The molecule has 0 amide bonds. The van der Waals surface area contributed by atoms with Crippen LogP contribution in [0, 0.1) is 0 Å². The molecule has 0 N–H and O–H groups in total. The maximum absolute atomic E-state index is 2.52. The van der Waals surface area contributed by atoms with E-state index in [1.165, 1.54) is 61.8 Å². The average molecular weight is 527 g/mol. The second-order valence-corrected chi connectivity index (χ2v) is 11.5. The van der Waals surface area contributed by atoms with E-state index in [4.69, 9.17) is 0 Å². The summed E-state index contributed by atoms with van der Waals surface area (Å²) in [7, 11) is 0. The maximum atomic E-state index is 2.52. The van der Waals surface area contributed by atoms with Crippen LogP contribution in [0.1, 0.15) is 25.0 Å². The van der Waals surface area contributed by atoms with Crippen molar-refractivity contribution in [1.82, 2.24) is 0 Å². The second-order valence-electron chi connectivity index (χ2n) is 11.5. The molecule has 0 bridgehead atoms. The number of benzene rings is 6. The van der Waals surface area contributed by atoms with Crippen LogP contribution in [0.2, 0.25) is 0 Å². The van der Waals surface area contributed by atoms with E-state index < -0.39 is 0 Å². The Hall–Kier alpha value is -5.08. The lowest BCUT2D eigenvalue weighted by molar-refractivity contribution is 0.631. The lowest BCUT2D eigenvalue weighted by Gasteiger charge is -2.48. The molecule has 0 saturated carbocycles. The Kier molecular flexibility index (Phi) is 5.20. The Bertz CT molecular complexity index is 1910. The summed E-state index contributed by atoms with van der Waals surface area (Å²) in [5.41, 5.74) is 14.6. The van der Waals surface area contributed by atoms with Crippen LogP contribution in [-0.2, 0) is 5.41 Å². The van der Waals surface area contributed by atoms with Gasteiger partial charge in [0.1, 0.15) is 0 Å². The maximum Gasteiger partial charge on any atom is 0.0744 e. The summed E-state index contributed by atoms with van der Waals surface area (Å²) in [5.74, 6) is 0. The van der Waals surface area contributed by atoms with Crippen molar-refractivity contribution in [3.8, 4) is 22.3 Å². The van der Waals surface area contributed by atoms with Crippen LogP contribution < -0.4 is 9.80 Å². The fourth-order valence-electron chi connectivity index (χ4n) is 6.70. The minimum absolute atomic E-state index is 0.182. The number of rotatable bonds is 3. The fourth-order valence-corrected chi connectivity index (χ4v) is 6.70. The van der Waals surface area contributed by atoms with E-state index in [1.54, 1.807) is 0 Å². The highest BCUT2D eigenvalue weighted by Crippen LogP contribution is 2.62. The number of fused-ring (bicyclic) bond motifs is 4. The minimum atomic E-state index is -0.182. The zero-order valence-electron chi connectivity index (χ0n) is 23.3. The van der Waals surface area contributed by atoms with E-state index in [0.717, 1.165) is 5.69 Å². The molecule has 0 fully saturated rings. The van der Waals surface area contributed by atoms with E-state index >= 15 is 0 Å². The van der Waals surface area contributed by atoms with Crippen molar-refractivity contribution in [2.45, 2.75) is 19.3 Å². The lowest BCUT2D eigenvalue weighted by Crippen LogP contribution is -2.34. The predicted molar refractivity (Wildman–Crippen MR) is 172 cm³/mol. The number of para-hydroxylation sites is 2. The second kappa shape index (κ2) is 8.97. The van der Waals surface area contributed by atoms with Crippen LogP contribution >= 0.6 is 0 Å². The van der Waals surface area contributed by atoms with Gasteiger partial charge in [0.05, 0.1) is 28.4 Å². The molecule has 196 valence electrons. The van der Waals surface area contributed by atoms with Crippen molar-refractivity contribution >= 4 is 34.1 Å². The Balaban J connectivity index is 1.49. The van der Waals surface area contributed by atoms with Gasteiger partial charge in [-0.1, -0.05) is 117 Å². The normalized spacial score (nSPS) is 14.2. The molecule has 8 rings (SSSR count). The molecule has 2 nitrogen and oxygen atoms in total. The van der Waals surface area contributed by atoms with E-state index in [-0.39, 0.29) is 5.41 Å². The van der Waals surface area contributed by atoms with Crippen LogP contribution in [0.4, 0.5) is 34.1 Å². The molecule has 0 spiro atoms. The zero-order valence-corrected chi connectivity index (χ0v) is 23.3. The SMILES string of the molecule is CC1(C)c2ccccc2N2c3cc(-c4ccccc4)ccc3N(c3ccccc3)c3cc(-c4ccccc4)cc1c32. The molecule has 0 aromatic heterocycles. The molecule has 0 aliphatic carbocycles. The summed E-state index contributed by atoms with van der Waals surface area (Å²) in [6.07, 6.45) is 0. The zero-order chi connectivity index (χ0) is 27.6. The summed E-state index contributed by atoms with van der Waals surface area (Å²) < 4.78 is 0. The number of hydrogen-bond donors (Lipinski definition) is 0.